The first-order valence-electron chi connectivity index (χ1n) is 6.04. The zero-order valence-corrected chi connectivity index (χ0v) is 12.5. The van der Waals surface area contributed by atoms with Crippen LogP contribution in [0.4, 0.5) is 5.69 Å². The Morgan fingerprint density at radius 3 is 2.59 bits per heavy atom. The number of hydrogen-bond donors (Lipinski definition) is 1. The number of aromatic hydroxyl groups is 1. The normalized spacial score (nSPS) is 10.8. The number of carbonyl (C=O) groups is 1. The topological polar surface area (TPSA) is 80.4 Å². The van der Waals surface area contributed by atoms with E-state index in [9.17, 15) is 20.0 Å². The number of phenols is 1. The molecule has 0 unspecified atom stereocenters. The second-order valence-corrected chi connectivity index (χ2v) is 5.14. The minimum atomic E-state index is -0.569. The first kappa shape index (κ1) is 16.0. The van der Waals surface area contributed by atoms with Gasteiger partial charge in [-0.3, -0.25) is 14.9 Å². The molecule has 0 aliphatic rings. The van der Waals surface area contributed by atoms with Gasteiger partial charge in [0.2, 0.25) is 0 Å². The lowest BCUT2D eigenvalue weighted by Crippen LogP contribution is -1.96. The van der Waals surface area contributed by atoms with Crippen LogP contribution in [0.1, 0.15) is 15.9 Å². The predicted octanol–water partition coefficient (Wildman–Crippen LogP) is 4.50. The van der Waals surface area contributed by atoms with Crippen molar-refractivity contribution < 1.29 is 14.8 Å². The summed E-state index contributed by atoms with van der Waals surface area (Å²) in [6.45, 7) is 0. The predicted molar refractivity (Wildman–Crippen MR) is 84.6 cm³/mol. The van der Waals surface area contributed by atoms with Crippen molar-refractivity contribution in [2.75, 3.05) is 0 Å². The van der Waals surface area contributed by atoms with Crippen molar-refractivity contribution in [1.82, 2.24) is 0 Å². The Kier molecular flexibility index (Phi) is 4.80. The van der Waals surface area contributed by atoms with Gasteiger partial charge in [0.25, 0.3) is 5.69 Å². The number of nitro groups is 1. The molecule has 0 atom stereocenters. The highest BCUT2D eigenvalue weighted by molar-refractivity contribution is 6.36. The third-order valence-electron chi connectivity index (χ3n) is 2.84. The Morgan fingerprint density at radius 2 is 1.91 bits per heavy atom. The number of nitrogens with zero attached hydrogens (tertiary/aromatic N) is 1. The van der Waals surface area contributed by atoms with Crippen LogP contribution in [0.5, 0.6) is 5.75 Å². The molecular formula is C15H9Cl2NO4. The number of nitro benzene ring substituents is 1. The largest absolute Gasteiger partial charge is 0.506 e. The van der Waals surface area contributed by atoms with Gasteiger partial charge < -0.3 is 5.11 Å². The first-order chi connectivity index (χ1) is 10.4. The minimum Gasteiger partial charge on any atom is -0.506 e. The van der Waals surface area contributed by atoms with E-state index in [1.165, 1.54) is 36.4 Å². The standard InChI is InChI=1S/C15H9Cl2NO4/c16-10-7-11(15(20)12(17)8-10)14(19)6-5-9-3-1-2-4-13(9)18(21)22/h1-8,20H/b6-5+. The lowest BCUT2D eigenvalue weighted by atomic mass is 10.1. The zero-order valence-electron chi connectivity index (χ0n) is 11.0. The van der Waals surface area contributed by atoms with E-state index >= 15 is 0 Å². The number of carbonyl (C=O) groups excluding carboxylic acids is 1. The smallest absolute Gasteiger partial charge is 0.276 e. The van der Waals surface area contributed by atoms with Gasteiger partial charge in [0.1, 0.15) is 5.75 Å². The summed E-state index contributed by atoms with van der Waals surface area (Å²) in [6.07, 6.45) is 2.42. The molecule has 5 nitrogen and oxygen atoms in total. The molecule has 0 radical (unpaired) electrons. The van der Waals surface area contributed by atoms with Crippen molar-refractivity contribution in [3.8, 4) is 5.75 Å². The Bertz CT molecular complexity index is 787. The van der Waals surface area contributed by atoms with Crippen LogP contribution >= 0.6 is 23.2 Å². The molecule has 0 fully saturated rings. The summed E-state index contributed by atoms with van der Waals surface area (Å²) in [5.41, 5.74) is 0.0701. The Morgan fingerprint density at radius 1 is 1.23 bits per heavy atom. The molecule has 112 valence electrons. The Balaban J connectivity index is 2.36. The lowest BCUT2D eigenvalue weighted by molar-refractivity contribution is -0.385. The van der Waals surface area contributed by atoms with Crippen molar-refractivity contribution in [3.05, 3.63) is 73.8 Å². The molecule has 2 aromatic rings. The van der Waals surface area contributed by atoms with E-state index in [1.54, 1.807) is 6.07 Å². The molecule has 0 heterocycles. The Hall–Kier alpha value is -2.37. The van der Waals surface area contributed by atoms with Gasteiger partial charge in [-0.15, -0.1) is 0 Å². The molecule has 0 aliphatic heterocycles. The van der Waals surface area contributed by atoms with E-state index in [2.05, 4.69) is 0 Å². The molecule has 0 aliphatic carbocycles. The van der Waals surface area contributed by atoms with E-state index in [0.29, 0.717) is 0 Å². The molecule has 0 bridgehead atoms. The number of allylic oxidation sites excluding steroid dienone is 1. The number of ketones is 1. The molecular weight excluding hydrogens is 329 g/mol. The molecule has 2 rings (SSSR count). The van der Waals surface area contributed by atoms with Gasteiger partial charge in [-0.2, -0.15) is 0 Å². The number of phenolic OH excluding ortho intramolecular Hbond substituents is 1. The molecule has 0 spiro atoms. The molecule has 0 amide bonds. The molecule has 0 aromatic heterocycles. The molecule has 0 saturated carbocycles. The highest BCUT2D eigenvalue weighted by Gasteiger charge is 2.14. The third-order valence-corrected chi connectivity index (χ3v) is 3.35. The van der Waals surface area contributed by atoms with Crippen molar-refractivity contribution >= 4 is 40.7 Å². The van der Waals surface area contributed by atoms with Crippen molar-refractivity contribution in [2.45, 2.75) is 0 Å². The van der Waals surface area contributed by atoms with Crippen LogP contribution < -0.4 is 0 Å². The van der Waals surface area contributed by atoms with Gasteiger partial charge in [0, 0.05) is 11.1 Å². The maximum absolute atomic E-state index is 12.1. The van der Waals surface area contributed by atoms with E-state index in [4.69, 9.17) is 23.2 Å². The first-order valence-corrected chi connectivity index (χ1v) is 6.79. The number of rotatable bonds is 4. The quantitative estimate of drug-likeness (QED) is 0.385. The summed E-state index contributed by atoms with van der Waals surface area (Å²) in [4.78, 5) is 22.4. The highest BCUT2D eigenvalue weighted by atomic mass is 35.5. The van der Waals surface area contributed by atoms with Crippen molar-refractivity contribution in [1.29, 1.82) is 0 Å². The van der Waals surface area contributed by atoms with E-state index in [-0.39, 0.29) is 32.6 Å². The van der Waals surface area contributed by atoms with Crippen LogP contribution in [0.3, 0.4) is 0 Å². The van der Waals surface area contributed by atoms with Crippen LogP contribution in [-0.4, -0.2) is 15.8 Å². The molecule has 0 saturated heterocycles. The van der Waals surface area contributed by atoms with Gasteiger partial charge in [-0.1, -0.05) is 35.3 Å². The number of hydrogen-bond acceptors (Lipinski definition) is 4. The highest BCUT2D eigenvalue weighted by Crippen LogP contribution is 2.31. The fourth-order valence-corrected chi connectivity index (χ4v) is 2.30. The molecule has 7 heteroatoms. The fourth-order valence-electron chi connectivity index (χ4n) is 1.80. The van der Waals surface area contributed by atoms with E-state index in [0.717, 1.165) is 6.08 Å². The molecule has 2 aromatic carbocycles. The van der Waals surface area contributed by atoms with Crippen LogP contribution in [0, 0.1) is 10.1 Å². The number of benzene rings is 2. The SMILES string of the molecule is O=C(/C=C/c1ccccc1[N+](=O)[O-])c1cc(Cl)cc(Cl)c1O. The summed E-state index contributed by atoms with van der Waals surface area (Å²) in [5.74, 6) is -0.955. The van der Waals surface area contributed by atoms with Crippen LogP contribution in [-0.2, 0) is 0 Å². The second kappa shape index (κ2) is 6.60. The summed E-state index contributed by atoms with van der Waals surface area (Å²) in [6, 6.07) is 8.56. The second-order valence-electron chi connectivity index (χ2n) is 4.30. The van der Waals surface area contributed by atoms with Gasteiger partial charge in [0.05, 0.1) is 21.1 Å². The Labute approximate surface area is 135 Å². The summed E-state index contributed by atoms with van der Waals surface area (Å²) in [7, 11) is 0. The van der Waals surface area contributed by atoms with Gasteiger partial charge >= 0.3 is 0 Å². The maximum atomic E-state index is 12.1. The third kappa shape index (κ3) is 3.44. The fraction of sp³-hybridized carbons (Fsp3) is 0. The molecule has 22 heavy (non-hydrogen) atoms. The molecule has 1 N–H and O–H groups in total. The van der Waals surface area contributed by atoms with E-state index < -0.39 is 10.7 Å². The van der Waals surface area contributed by atoms with Gasteiger partial charge in [-0.25, -0.2) is 0 Å². The average molecular weight is 338 g/mol. The monoisotopic (exact) mass is 337 g/mol. The summed E-state index contributed by atoms with van der Waals surface area (Å²) < 4.78 is 0. The van der Waals surface area contributed by atoms with E-state index in [1.807, 2.05) is 0 Å². The number of para-hydroxylation sites is 1. The number of halogens is 2. The van der Waals surface area contributed by atoms with Crippen LogP contribution in [0.15, 0.2) is 42.5 Å². The summed E-state index contributed by atoms with van der Waals surface area (Å²) >= 11 is 11.5. The lowest BCUT2D eigenvalue weighted by Gasteiger charge is -2.03. The van der Waals surface area contributed by atoms with Gasteiger partial charge in [0.15, 0.2) is 5.78 Å². The van der Waals surface area contributed by atoms with Crippen molar-refractivity contribution in [3.63, 3.8) is 0 Å². The average Bonchev–Trinajstić information content (AvgIpc) is 2.48. The van der Waals surface area contributed by atoms with Crippen LogP contribution in [0.2, 0.25) is 10.0 Å². The van der Waals surface area contributed by atoms with Crippen LogP contribution in [0.25, 0.3) is 6.08 Å². The summed E-state index contributed by atoms with van der Waals surface area (Å²) in [5, 5.41) is 20.8. The maximum Gasteiger partial charge on any atom is 0.276 e. The minimum absolute atomic E-state index is 0.0464. The van der Waals surface area contributed by atoms with Gasteiger partial charge in [-0.05, 0) is 30.4 Å². The zero-order chi connectivity index (χ0) is 16.3. The van der Waals surface area contributed by atoms with Crippen molar-refractivity contribution in [2.24, 2.45) is 0 Å².